The molecule has 0 aliphatic carbocycles. The van der Waals surface area contributed by atoms with Gasteiger partial charge in [0.1, 0.15) is 15.7 Å². The van der Waals surface area contributed by atoms with Crippen LogP contribution in [-0.2, 0) is 11.2 Å². The molecule has 0 saturated heterocycles. The molecule has 0 aromatic carbocycles. The van der Waals surface area contributed by atoms with Gasteiger partial charge in [0.05, 0.1) is 5.75 Å². The topological polar surface area (TPSA) is 46.1 Å². The summed E-state index contributed by atoms with van der Waals surface area (Å²) >= 11 is 3.26. The quantitative estimate of drug-likeness (QED) is 0.525. The molecule has 2 heterocycles. The Balaban J connectivity index is 2.11. The lowest BCUT2D eigenvalue weighted by Crippen LogP contribution is -2.33. The van der Waals surface area contributed by atoms with Gasteiger partial charge in [0.15, 0.2) is 0 Å². The van der Waals surface area contributed by atoms with Crippen LogP contribution in [0.15, 0.2) is 11.1 Å². The van der Waals surface area contributed by atoms with Crippen molar-refractivity contribution in [2.45, 2.75) is 52.0 Å². The van der Waals surface area contributed by atoms with E-state index in [0.717, 1.165) is 53.4 Å². The molecule has 4 nitrogen and oxygen atoms in total. The van der Waals surface area contributed by atoms with E-state index in [4.69, 9.17) is 0 Å². The zero-order chi connectivity index (χ0) is 16.8. The molecule has 0 saturated carbocycles. The largest absolute Gasteiger partial charge is 0.342 e. The SMILES string of the molecule is CCCCN(CC)C(=O)CSc1nc(C)nc2sc(CC)cc12. The van der Waals surface area contributed by atoms with Crippen molar-refractivity contribution in [3.8, 4) is 0 Å². The normalized spacial score (nSPS) is 11.1. The number of hydrogen-bond donors (Lipinski definition) is 0. The van der Waals surface area contributed by atoms with Gasteiger partial charge in [-0.25, -0.2) is 9.97 Å². The van der Waals surface area contributed by atoms with Gasteiger partial charge >= 0.3 is 0 Å². The molecule has 126 valence electrons. The molecule has 1 amide bonds. The van der Waals surface area contributed by atoms with Crippen molar-refractivity contribution in [2.75, 3.05) is 18.8 Å². The fourth-order valence-corrected chi connectivity index (χ4v) is 4.39. The molecule has 0 unspecified atom stereocenters. The van der Waals surface area contributed by atoms with Crippen LogP contribution >= 0.6 is 23.1 Å². The van der Waals surface area contributed by atoms with E-state index >= 15 is 0 Å². The second-order valence-electron chi connectivity index (χ2n) is 5.48. The van der Waals surface area contributed by atoms with Gasteiger partial charge in [0.2, 0.25) is 5.91 Å². The third-order valence-electron chi connectivity index (χ3n) is 3.72. The molecule has 23 heavy (non-hydrogen) atoms. The lowest BCUT2D eigenvalue weighted by atomic mass is 10.3. The predicted octanol–water partition coefficient (Wildman–Crippen LogP) is 4.30. The average Bonchev–Trinajstić information content (AvgIpc) is 2.96. The highest BCUT2D eigenvalue weighted by molar-refractivity contribution is 8.00. The van der Waals surface area contributed by atoms with Crippen LogP contribution in [0.1, 0.15) is 44.3 Å². The number of rotatable bonds is 8. The summed E-state index contributed by atoms with van der Waals surface area (Å²) in [7, 11) is 0. The molecule has 0 atom stereocenters. The number of hydrogen-bond acceptors (Lipinski definition) is 5. The number of aryl methyl sites for hydroxylation is 2. The Kier molecular flexibility index (Phi) is 6.84. The highest BCUT2D eigenvalue weighted by Gasteiger charge is 2.15. The predicted molar refractivity (Wildman–Crippen MR) is 99.4 cm³/mol. The van der Waals surface area contributed by atoms with Gasteiger partial charge in [-0.1, -0.05) is 32.0 Å². The summed E-state index contributed by atoms with van der Waals surface area (Å²) in [6, 6.07) is 2.17. The van der Waals surface area contributed by atoms with Crippen molar-refractivity contribution in [2.24, 2.45) is 0 Å². The Morgan fingerprint density at radius 1 is 1.30 bits per heavy atom. The lowest BCUT2D eigenvalue weighted by Gasteiger charge is -2.20. The Morgan fingerprint density at radius 3 is 2.74 bits per heavy atom. The maximum atomic E-state index is 12.4. The van der Waals surface area contributed by atoms with E-state index in [1.807, 2.05) is 18.7 Å². The van der Waals surface area contributed by atoms with E-state index in [2.05, 4.69) is 29.9 Å². The zero-order valence-electron chi connectivity index (χ0n) is 14.4. The summed E-state index contributed by atoms with van der Waals surface area (Å²) in [4.78, 5) is 25.8. The number of amides is 1. The monoisotopic (exact) mass is 351 g/mol. The lowest BCUT2D eigenvalue weighted by molar-refractivity contribution is -0.128. The van der Waals surface area contributed by atoms with Crippen LogP contribution in [0.2, 0.25) is 0 Å². The number of fused-ring (bicyclic) bond motifs is 1. The number of unbranched alkanes of at least 4 members (excludes halogenated alkanes) is 1. The van der Waals surface area contributed by atoms with E-state index in [-0.39, 0.29) is 5.91 Å². The van der Waals surface area contributed by atoms with Crippen molar-refractivity contribution in [1.29, 1.82) is 0 Å². The number of aromatic nitrogens is 2. The van der Waals surface area contributed by atoms with Crippen molar-refractivity contribution >= 4 is 39.2 Å². The van der Waals surface area contributed by atoms with E-state index in [0.29, 0.717) is 5.75 Å². The minimum absolute atomic E-state index is 0.196. The Bertz CT molecular complexity index is 669. The van der Waals surface area contributed by atoms with Crippen LogP contribution < -0.4 is 0 Å². The first kappa shape index (κ1) is 18.2. The highest BCUT2D eigenvalue weighted by Crippen LogP contribution is 2.31. The summed E-state index contributed by atoms with van der Waals surface area (Å²) in [5.41, 5.74) is 0. The van der Waals surface area contributed by atoms with Crippen LogP contribution in [0.3, 0.4) is 0 Å². The van der Waals surface area contributed by atoms with Crippen LogP contribution in [0.25, 0.3) is 10.2 Å². The average molecular weight is 352 g/mol. The molecule has 0 spiro atoms. The van der Waals surface area contributed by atoms with Gasteiger partial charge in [-0.15, -0.1) is 11.3 Å². The third kappa shape index (κ3) is 4.67. The maximum absolute atomic E-state index is 12.4. The van der Waals surface area contributed by atoms with E-state index in [1.165, 1.54) is 16.6 Å². The Morgan fingerprint density at radius 2 is 2.09 bits per heavy atom. The summed E-state index contributed by atoms with van der Waals surface area (Å²) in [5, 5.41) is 2.02. The van der Waals surface area contributed by atoms with Gasteiger partial charge < -0.3 is 4.90 Å². The molecule has 0 radical (unpaired) electrons. The first-order valence-corrected chi connectivity index (χ1v) is 10.1. The van der Waals surface area contributed by atoms with Gasteiger partial charge in [-0.05, 0) is 32.8 Å². The molecule has 6 heteroatoms. The van der Waals surface area contributed by atoms with Gasteiger partial charge in [0.25, 0.3) is 0 Å². The highest BCUT2D eigenvalue weighted by atomic mass is 32.2. The molecule has 0 N–H and O–H groups in total. The van der Waals surface area contributed by atoms with Crippen LogP contribution in [0.5, 0.6) is 0 Å². The van der Waals surface area contributed by atoms with Crippen molar-refractivity contribution in [1.82, 2.24) is 14.9 Å². The molecule has 0 fully saturated rings. The number of carbonyl (C=O) groups excluding carboxylic acids is 1. The van der Waals surface area contributed by atoms with Gasteiger partial charge in [-0.2, -0.15) is 0 Å². The number of thiophene rings is 1. The molecule has 0 bridgehead atoms. The van der Waals surface area contributed by atoms with Crippen molar-refractivity contribution in [3.05, 3.63) is 16.8 Å². The smallest absolute Gasteiger partial charge is 0.232 e. The van der Waals surface area contributed by atoms with E-state index < -0.39 is 0 Å². The van der Waals surface area contributed by atoms with Crippen molar-refractivity contribution < 1.29 is 4.79 Å². The second kappa shape index (κ2) is 8.64. The minimum Gasteiger partial charge on any atom is -0.342 e. The molecule has 0 aliphatic heterocycles. The van der Waals surface area contributed by atoms with Crippen LogP contribution in [0, 0.1) is 6.92 Å². The third-order valence-corrected chi connectivity index (χ3v) is 5.87. The summed E-state index contributed by atoms with van der Waals surface area (Å²) in [5.74, 6) is 1.41. The van der Waals surface area contributed by atoms with Crippen LogP contribution in [0.4, 0.5) is 0 Å². The fourth-order valence-electron chi connectivity index (χ4n) is 2.36. The van der Waals surface area contributed by atoms with Gasteiger partial charge in [-0.3, -0.25) is 4.79 Å². The first-order valence-electron chi connectivity index (χ1n) is 8.26. The van der Waals surface area contributed by atoms with E-state index in [1.54, 1.807) is 11.3 Å². The summed E-state index contributed by atoms with van der Waals surface area (Å²) in [6.45, 7) is 9.87. The summed E-state index contributed by atoms with van der Waals surface area (Å²) in [6.07, 6.45) is 3.17. The Labute approximate surface area is 146 Å². The fraction of sp³-hybridized carbons (Fsp3) is 0.588. The molecule has 2 rings (SSSR count). The first-order chi connectivity index (χ1) is 11.1. The number of thioether (sulfide) groups is 1. The second-order valence-corrected chi connectivity index (χ2v) is 7.56. The van der Waals surface area contributed by atoms with Gasteiger partial charge in [0, 0.05) is 23.4 Å². The van der Waals surface area contributed by atoms with Crippen LogP contribution in [-0.4, -0.2) is 39.6 Å². The van der Waals surface area contributed by atoms with E-state index in [9.17, 15) is 4.79 Å². The molecule has 2 aromatic rings. The molecular formula is C17H25N3OS2. The standard InChI is InChI=1S/C17H25N3OS2/c1-5-8-9-20(7-3)15(21)11-22-16-14-10-13(6-2)23-17(14)19-12(4)18-16/h10H,5-9,11H2,1-4H3. The summed E-state index contributed by atoms with van der Waals surface area (Å²) < 4.78 is 0. The molecule has 0 aliphatic rings. The number of nitrogens with zero attached hydrogens (tertiary/aromatic N) is 3. The Hall–Kier alpha value is -1.14. The minimum atomic E-state index is 0.196. The maximum Gasteiger partial charge on any atom is 0.232 e. The number of carbonyl (C=O) groups is 1. The molecule has 2 aromatic heterocycles. The molecular weight excluding hydrogens is 326 g/mol. The van der Waals surface area contributed by atoms with Crippen molar-refractivity contribution in [3.63, 3.8) is 0 Å². The zero-order valence-corrected chi connectivity index (χ0v) is 16.0.